The second kappa shape index (κ2) is 7.33. The van der Waals surface area contributed by atoms with E-state index in [0.29, 0.717) is 44.4 Å². The molecule has 0 spiro atoms. The molecule has 10 heteroatoms. The smallest absolute Gasteiger partial charge is 0.225 e. The molecule has 0 bridgehead atoms. The molecule has 0 saturated carbocycles. The van der Waals surface area contributed by atoms with Gasteiger partial charge in [0.15, 0.2) is 5.65 Å². The number of rotatable bonds is 5. The number of nitrogens with one attached hydrogen (secondary N) is 2. The van der Waals surface area contributed by atoms with Crippen LogP contribution in [0.2, 0.25) is 10.0 Å². The second-order valence-corrected chi connectivity index (χ2v) is 6.49. The molecule has 3 N–H and O–H groups in total. The van der Waals surface area contributed by atoms with Crippen molar-refractivity contribution < 1.29 is 5.11 Å². The minimum Gasteiger partial charge on any atom is -0.394 e. The lowest BCUT2D eigenvalue weighted by molar-refractivity contribution is 0.281. The van der Waals surface area contributed by atoms with E-state index in [2.05, 4.69) is 25.6 Å². The first-order chi connectivity index (χ1) is 12.4. The van der Waals surface area contributed by atoms with Crippen molar-refractivity contribution >= 4 is 51.9 Å². The van der Waals surface area contributed by atoms with Crippen molar-refractivity contribution in [2.45, 2.75) is 13.0 Å². The van der Waals surface area contributed by atoms with Crippen LogP contribution in [0.15, 0.2) is 18.3 Å². The summed E-state index contributed by atoms with van der Waals surface area (Å²) in [4.78, 5) is 13.0. The van der Waals surface area contributed by atoms with Crippen molar-refractivity contribution in [3.63, 3.8) is 0 Å². The van der Waals surface area contributed by atoms with Gasteiger partial charge >= 0.3 is 0 Å². The van der Waals surface area contributed by atoms with Crippen molar-refractivity contribution in [2.75, 3.05) is 17.2 Å². The van der Waals surface area contributed by atoms with Crippen LogP contribution in [-0.2, 0) is 7.05 Å². The number of aryl methyl sites for hydroxylation is 1. The zero-order valence-corrected chi connectivity index (χ0v) is 15.5. The number of nitriles is 1. The van der Waals surface area contributed by atoms with E-state index >= 15 is 0 Å². The van der Waals surface area contributed by atoms with Crippen molar-refractivity contribution in [2.24, 2.45) is 7.05 Å². The molecule has 2 heterocycles. The van der Waals surface area contributed by atoms with E-state index in [4.69, 9.17) is 33.6 Å². The molecule has 0 aliphatic heterocycles. The fourth-order valence-corrected chi connectivity index (χ4v) is 2.88. The molecule has 26 heavy (non-hydrogen) atoms. The molecule has 0 aliphatic carbocycles. The molecule has 134 valence electrons. The van der Waals surface area contributed by atoms with Gasteiger partial charge < -0.3 is 15.7 Å². The Labute approximate surface area is 159 Å². The van der Waals surface area contributed by atoms with E-state index in [1.807, 2.05) is 13.0 Å². The monoisotopic (exact) mass is 391 g/mol. The zero-order valence-electron chi connectivity index (χ0n) is 14.0. The van der Waals surface area contributed by atoms with Crippen molar-refractivity contribution in [1.29, 1.82) is 5.26 Å². The highest BCUT2D eigenvalue weighted by Crippen LogP contribution is 2.34. The number of anilines is 3. The van der Waals surface area contributed by atoms with Crippen LogP contribution in [0.5, 0.6) is 0 Å². The third-order valence-corrected chi connectivity index (χ3v) is 4.27. The summed E-state index contributed by atoms with van der Waals surface area (Å²) in [5.41, 5.74) is 2.00. The molecule has 1 atom stereocenters. The molecule has 0 fully saturated rings. The minimum absolute atomic E-state index is 0.0325. The molecule has 0 aliphatic rings. The van der Waals surface area contributed by atoms with E-state index in [1.165, 1.54) is 12.1 Å². The minimum atomic E-state index is -0.172. The summed E-state index contributed by atoms with van der Waals surface area (Å²) in [6.07, 6.45) is 1.59. The summed E-state index contributed by atoms with van der Waals surface area (Å²) in [5.74, 6) is 0.859. The molecule has 3 rings (SSSR count). The summed E-state index contributed by atoms with van der Waals surface area (Å²) in [7, 11) is 1.79. The van der Waals surface area contributed by atoms with Crippen LogP contribution in [-0.4, -0.2) is 37.3 Å². The van der Waals surface area contributed by atoms with Crippen LogP contribution in [0.3, 0.4) is 0 Å². The largest absolute Gasteiger partial charge is 0.394 e. The molecule has 0 amide bonds. The molecule has 8 nitrogen and oxygen atoms in total. The number of nitrogens with zero attached hydrogens (tertiary/aromatic N) is 5. The van der Waals surface area contributed by atoms with Crippen LogP contribution in [0.1, 0.15) is 12.5 Å². The molecule has 1 aromatic carbocycles. The summed E-state index contributed by atoms with van der Waals surface area (Å²) in [5, 5.41) is 24.8. The maximum absolute atomic E-state index is 9.13. The standard InChI is InChI=1S/C16H15Cl2N7O/c1-8(7-26)21-15-20-6-12-14(24-15)25(2)16(22-12)23-13-10(17)3-9(5-19)4-11(13)18/h3-4,6,8,26H,7H2,1-2H3,(H,22,23)(H,20,21,24)/t8-/m0/s1. The molecular weight excluding hydrogens is 377 g/mol. The molecule has 0 radical (unpaired) electrons. The maximum Gasteiger partial charge on any atom is 0.225 e. The normalized spacial score (nSPS) is 12.0. The Hall–Kier alpha value is -2.60. The van der Waals surface area contributed by atoms with Gasteiger partial charge in [-0.25, -0.2) is 9.97 Å². The van der Waals surface area contributed by atoms with Gasteiger partial charge in [-0.15, -0.1) is 0 Å². The lowest BCUT2D eigenvalue weighted by Crippen LogP contribution is -2.20. The van der Waals surface area contributed by atoms with Crippen molar-refractivity contribution in [3.8, 4) is 6.07 Å². The lowest BCUT2D eigenvalue weighted by atomic mass is 10.2. The van der Waals surface area contributed by atoms with E-state index in [9.17, 15) is 0 Å². The highest BCUT2D eigenvalue weighted by Gasteiger charge is 2.15. The summed E-state index contributed by atoms with van der Waals surface area (Å²) >= 11 is 12.4. The first-order valence-electron chi connectivity index (χ1n) is 7.66. The van der Waals surface area contributed by atoms with Gasteiger partial charge in [0, 0.05) is 13.1 Å². The molecular formula is C16H15Cl2N7O. The second-order valence-electron chi connectivity index (χ2n) is 5.68. The van der Waals surface area contributed by atoms with Gasteiger partial charge in [-0.3, -0.25) is 4.57 Å². The fraction of sp³-hybridized carbons (Fsp3) is 0.250. The predicted octanol–water partition coefficient (Wildman–Crippen LogP) is 3.08. The highest BCUT2D eigenvalue weighted by molar-refractivity contribution is 6.39. The average molecular weight is 392 g/mol. The SMILES string of the molecule is C[C@@H](CO)Nc1ncc2nc(Nc3c(Cl)cc(C#N)cc3Cl)n(C)c2n1. The zero-order chi connectivity index (χ0) is 18.8. The Balaban J connectivity index is 1.97. The Morgan fingerprint density at radius 2 is 2.00 bits per heavy atom. The Morgan fingerprint density at radius 3 is 2.62 bits per heavy atom. The van der Waals surface area contributed by atoms with Gasteiger partial charge in [0.05, 0.1) is 40.2 Å². The van der Waals surface area contributed by atoms with E-state index in [1.54, 1.807) is 17.8 Å². The van der Waals surface area contributed by atoms with Gasteiger partial charge in [0.2, 0.25) is 11.9 Å². The molecule has 0 unspecified atom stereocenters. The van der Waals surface area contributed by atoms with Gasteiger partial charge in [-0.05, 0) is 19.1 Å². The van der Waals surface area contributed by atoms with Gasteiger partial charge in [0.1, 0.15) is 5.52 Å². The quantitative estimate of drug-likeness (QED) is 0.612. The van der Waals surface area contributed by atoms with Crippen LogP contribution in [0, 0.1) is 11.3 Å². The summed E-state index contributed by atoms with van der Waals surface area (Å²) in [6.45, 7) is 1.79. The first-order valence-corrected chi connectivity index (χ1v) is 8.41. The van der Waals surface area contributed by atoms with Crippen molar-refractivity contribution in [3.05, 3.63) is 33.9 Å². The Bertz CT molecular complexity index is 989. The number of hydrogen-bond acceptors (Lipinski definition) is 7. The van der Waals surface area contributed by atoms with E-state index in [-0.39, 0.29) is 12.6 Å². The van der Waals surface area contributed by atoms with Crippen LogP contribution in [0.4, 0.5) is 17.6 Å². The van der Waals surface area contributed by atoms with Crippen molar-refractivity contribution in [1.82, 2.24) is 19.5 Å². The molecule has 3 aromatic rings. The van der Waals surface area contributed by atoms with E-state index in [0.717, 1.165) is 0 Å². The topological polar surface area (TPSA) is 112 Å². The Morgan fingerprint density at radius 1 is 1.31 bits per heavy atom. The van der Waals surface area contributed by atoms with Gasteiger partial charge in [-0.1, -0.05) is 23.2 Å². The number of imidazole rings is 1. The number of benzene rings is 1. The van der Waals surface area contributed by atoms with Gasteiger partial charge in [-0.2, -0.15) is 10.2 Å². The number of fused-ring (bicyclic) bond motifs is 1. The maximum atomic E-state index is 9.13. The lowest BCUT2D eigenvalue weighted by Gasteiger charge is -2.11. The number of hydrogen-bond donors (Lipinski definition) is 3. The first kappa shape index (κ1) is 18.2. The fourth-order valence-electron chi connectivity index (χ4n) is 2.30. The van der Waals surface area contributed by atoms with E-state index < -0.39 is 0 Å². The van der Waals surface area contributed by atoms with Gasteiger partial charge in [0.25, 0.3) is 0 Å². The summed E-state index contributed by atoms with van der Waals surface area (Å²) in [6, 6.07) is 4.88. The van der Waals surface area contributed by atoms with Crippen LogP contribution < -0.4 is 10.6 Å². The summed E-state index contributed by atoms with van der Waals surface area (Å²) < 4.78 is 1.73. The molecule has 0 saturated heterocycles. The number of halogens is 2. The number of aliphatic hydroxyl groups is 1. The Kier molecular flexibility index (Phi) is 5.13. The third kappa shape index (κ3) is 3.51. The third-order valence-electron chi connectivity index (χ3n) is 3.67. The molecule has 2 aromatic heterocycles. The predicted molar refractivity (Wildman–Crippen MR) is 101 cm³/mol. The number of aromatic nitrogens is 4. The van der Waals surface area contributed by atoms with Crippen LogP contribution in [0.25, 0.3) is 11.2 Å². The highest BCUT2D eigenvalue weighted by atomic mass is 35.5. The number of aliphatic hydroxyl groups excluding tert-OH is 1. The average Bonchev–Trinajstić information content (AvgIpc) is 2.93. The van der Waals surface area contributed by atoms with Crippen LogP contribution >= 0.6 is 23.2 Å².